The van der Waals surface area contributed by atoms with Gasteiger partial charge in [-0.25, -0.2) is 0 Å². The Morgan fingerprint density at radius 2 is 1.76 bits per heavy atom. The lowest BCUT2D eigenvalue weighted by molar-refractivity contribution is 0.734. The zero-order valence-electron chi connectivity index (χ0n) is 13.5. The standard InChI is InChI=1S/C21H24/c1-5-16(4)17-6-8-18(9-7-17)20-12-14(2)10-19-11-15(3)13-21(19)20/h6-10,12-13,16H,5,11H2,1-4H3. The molecule has 0 aromatic heterocycles. The van der Waals surface area contributed by atoms with Gasteiger partial charge in [-0.3, -0.25) is 0 Å². The van der Waals surface area contributed by atoms with Gasteiger partial charge in [0.2, 0.25) is 0 Å². The highest BCUT2D eigenvalue weighted by Gasteiger charge is 2.15. The minimum Gasteiger partial charge on any atom is -0.0683 e. The molecule has 2 aromatic rings. The van der Waals surface area contributed by atoms with Crippen molar-refractivity contribution in [2.75, 3.05) is 0 Å². The first-order chi connectivity index (χ1) is 10.1. The molecule has 21 heavy (non-hydrogen) atoms. The maximum atomic E-state index is 2.35. The normalized spacial score (nSPS) is 14.8. The lowest BCUT2D eigenvalue weighted by Crippen LogP contribution is -1.93. The molecule has 0 radical (unpaired) electrons. The molecule has 0 spiro atoms. The Morgan fingerprint density at radius 3 is 2.43 bits per heavy atom. The Labute approximate surface area is 128 Å². The van der Waals surface area contributed by atoms with Crippen molar-refractivity contribution in [2.24, 2.45) is 0 Å². The number of rotatable bonds is 3. The summed E-state index contributed by atoms with van der Waals surface area (Å²) in [6.07, 6.45) is 4.66. The Bertz CT molecular complexity index is 687. The smallest absolute Gasteiger partial charge is 0.00603 e. The van der Waals surface area contributed by atoms with Crippen LogP contribution >= 0.6 is 0 Å². The zero-order valence-corrected chi connectivity index (χ0v) is 13.5. The van der Waals surface area contributed by atoms with Crippen LogP contribution in [0.5, 0.6) is 0 Å². The second kappa shape index (κ2) is 5.52. The van der Waals surface area contributed by atoms with E-state index < -0.39 is 0 Å². The fourth-order valence-electron chi connectivity index (χ4n) is 3.25. The highest BCUT2D eigenvalue weighted by molar-refractivity contribution is 5.81. The van der Waals surface area contributed by atoms with Gasteiger partial charge in [-0.1, -0.05) is 67.5 Å². The van der Waals surface area contributed by atoms with Crippen LogP contribution in [-0.4, -0.2) is 0 Å². The van der Waals surface area contributed by atoms with Crippen LogP contribution in [0.15, 0.2) is 42.0 Å². The Morgan fingerprint density at radius 1 is 1.05 bits per heavy atom. The summed E-state index contributed by atoms with van der Waals surface area (Å²) in [6.45, 7) is 8.97. The molecule has 0 aliphatic heterocycles. The van der Waals surface area contributed by atoms with E-state index in [1.807, 2.05) is 0 Å². The van der Waals surface area contributed by atoms with E-state index in [1.165, 1.54) is 45.4 Å². The van der Waals surface area contributed by atoms with Crippen LogP contribution in [0.4, 0.5) is 0 Å². The van der Waals surface area contributed by atoms with Gasteiger partial charge >= 0.3 is 0 Å². The van der Waals surface area contributed by atoms with Crippen LogP contribution in [-0.2, 0) is 6.42 Å². The van der Waals surface area contributed by atoms with E-state index in [1.54, 1.807) is 0 Å². The van der Waals surface area contributed by atoms with Gasteiger partial charge in [0.15, 0.2) is 0 Å². The lowest BCUT2D eigenvalue weighted by Gasteiger charge is -2.13. The summed E-state index contributed by atoms with van der Waals surface area (Å²) in [5.74, 6) is 0.643. The molecule has 0 heterocycles. The number of benzene rings is 2. The Hall–Kier alpha value is -1.82. The van der Waals surface area contributed by atoms with Crippen molar-refractivity contribution in [3.63, 3.8) is 0 Å². The van der Waals surface area contributed by atoms with Crippen LogP contribution in [0.1, 0.15) is 55.4 Å². The van der Waals surface area contributed by atoms with Crippen LogP contribution in [0, 0.1) is 6.92 Å². The van der Waals surface area contributed by atoms with Gasteiger partial charge in [0.1, 0.15) is 0 Å². The summed E-state index contributed by atoms with van der Waals surface area (Å²) in [7, 11) is 0. The predicted octanol–water partition coefficient (Wildman–Crippen LogP) is 6.13. The summed E-state index contributed by atoms with van der Waals surface area (Å²) in [6, 6.07) is 13.8. The van der Waals surface area contributed by atoms with Gasteiger partial charge < -0.3 is 0 Å². The van der Waals surface area contributed by atoms with Gasteiger partial charge in [-0.2, -0.15) is 0 Å². The van der Waals surface area contributed by atoms with Crippen molar-refractivity contribution < 1.29 is 0 Å². The molecule has 0 saturated heterocycles. The number of hydrogen-bond donors (Lipinski definition) is 0. The second-order valence-electron chi connectivity index (χ2n) is 6.48. The van der Waals surface area contributed by atoms with Gasteiger partial charge in [0.05, 0.1) is 0 Å². The molecule has 0 nitrogen and oxygen atoms in total. The van der Waals surface area contributed by atoms with E-state index in [0.717, 1.165) is 6.42 Å². The average molecular weight is 276 g/mol. The number of allylic oxidation sites excluding steroid dienone is 1. The second-order valence-corrected chi connectivity index (χ2v) is 6.48. The molecule has 0 bridgehead atoms. The molecule has 1 aliphatic carbocycles. The Kier molecular flexibility index (Phi) is 3.71. The topological polar surface area (TPSA) is 0 Å². The zero-order chi connectivity index (χ0) is 15.0. The van der Waals surface area contributed by atoms with E-state index >= 15 is 0 Å². The van der Waals surface area contributed by atoms with Crippen LogP contribution < -0.4 is 0 Å². The van der Waals surface area contributed by atoms with E-state index in [9.17, 15) is 0 Å². The van der Waals surface area contributed by atoms with E-state index in [2.05, 4.69) is 70.2 Å². The first-order valence-electron chi connectivity index (χ1n) is 7.99. The van der Waals surface area contributed by atoms with E-state index in [0.29, 0.717) is 5.92 Å². The first kappa shape index (κ1) is 14.1. The summed E-state index contributed by atoms with van der Waals surface area (Å²) in [4.78, 5) is 0. The minimum atomic E-state index is 0.643. The van der Waals surface area contributed by atoms with Crippen molar-refractivity contribution in [1.29, 1.82) is 0 Å². The van der Waals surface area contributed by atoms with Gasteiger partial charge in [-0.05, 0) is 60.4 Å². The average Bonchev–Trinajstić information content (AvgIpc) is 2.85. The lowest BCUT2D eigenvalue weighted by atomic mass is 9.92. The van der Waals surface area contributed by atoms with Crippen LogP contribution in [0.25, 0.3) is 17.2 Å². The van der Waals surface area contributed by atoms with Crippen LogP contribution in [0.2, 0.25) is 0 Å². The molecule has 0 fully saturated rings. The van der Waals surface area contributed by atoms with Gasteiger partial charge in [0, 0.05) is 0 Å². The van der Waals surface area contributed by atoms with Crippen molar-refractivity contribution >= 4 is 6.08 Å². The quantitative estimate of drug-likeness (QED) is 0.632. The fraction of sp³-hybridized carbons (Fsp3) is 0.333. The third kappa shape index (κ3) is 2.68. The van der Waals surface area contributed by atoms with Gasteiger partial charge in [-0.15, -0.1) is 0 Å². The maximum Gasteiger partial charge on any atom is -0.00603 e. The third-order valence-corrected chi connectivity index (χ3v) is 4.67. The third-order valence-electron chi connectivity index (χ3n) is 4.67. The van der Waals surface area contributed by atoms with Crippen molar-refractivity contribution in [3.8, 4) is 11.1 Å². The van der Waals surface area contributed by atoms with Crippen molar-refractivity contribution in [3.05, 3.63) is 64.2 Å². The van der Waals surface area contributed by atoms with E-state index in [-0.39, 0.29) is 0 Å². The summed E-state index contributed by atoms with van der Waals surface area (Å²) >= 11 is 0. The number of fused-ring (bicyclic) bond motifs is 1. The van der Waals surface area contributed by atoms with E-state index in [4.69, 9.17) is 0 Å². The molecule has 3 rings (SSSR count). The molecule has 0 saturated carbocycles. The molecule has 0 N–H and O–H groups in total. The number of hydrogen-bond acceptors (Lipinski definition) is 0. The molecular weight excluding hydrogens is 252 g/mol. The maximum absolute atomic E-state index is 2.35. The SMILES string of the molecule is CCC(C)c1ccc(-c2cc(C)cc3c2C=C(C)C3)cc1. The summed E-state index contributed by atoms with van der Waals surface area (Å²) < 4.78 is 0. The summed E-state index contributed by atoms with van der Waals surface area (Å²) in [5.41, 5.74) is 9.90. The molecule has 0 heteroatoms. The highest BCUT2D eigenvalue weighted by atomic mass is 14.2. The number of aryl methyl sites for hydroxylation is 1. The molecule has 108 valence electrons. The van der Waals surface area contributed by atoms with Gasteiger partial charge in [0.25, 0.3) is 0 Å². The van der Waals surface area contributed by atoms with Crippen LogP contribution in [0.3, 0.4) is 0 Å². The van der Waals surface area contributed by atoms with Crippen molar-refractivity contribution in [1.82, 2.24) is 0 Å². The fourth-order valence-corrected chi connectivity index (χ4v) is 3.25. The molecule has 1 unspecified atom stereocenters. The highest BCUT2D eigenvalue weighted by Crippen LogP contribution is 2.35. The predicted molar refractivity (Wildman–Crippen MR) is 92.7 cm³/mol. The largest absolute Gasteiger partial charge is 0.0683 e. The monoisotopic (exact) mass is 276 g/mol. The minimum absolute atomic E-state index is 0.643. The molecule has 1 aliphatic rings. The molecule has 0 amide bonds. The molecule has 1 atom stereocenters. The first-order valence-corrected chi connectivity index (χ1v) is 7.99. The molecular formula is C21H24. The summed E-state index contributed by atoms with van der Waals surface area (Å²) in [5, 5.41) is 0. The van der Waals surface area contributed by atoms with Crippen molar-refractivity contribution in [2.45, 2.75) is 46.5 Å². The Balaban J connectivity index is 2.05. The molecule has 2 aromatic carbocycles.